The summed E-state index contributed by atoms with van der Waals surface area (Å²) >= 11 is 11.2. The third kappa shape index (κ3) is 9.59. The molecule has 1 unspecified atom stereocenters. The molecule has 12 heteroatoms. The Kier molecular flexibility index (Phi) is 11.0. The van der Waals surface area contributed by atoms with Crippen LogP contribution in [-0.4, -0.2) is 55.9 Å². The number of ether oxygens (including phenoxy) is 3. The summed E-state index contributed by atoms with van der Waals surface area (Å²) in [5.41, 5.74) is 0. The second-order valence-corrected chi connectivity index (χ2v) is 8.05. The summed E-state index contributed by atoms with van der Waals surface area (Å²) in [7, 11) is 1.39. The Labute approximate surface area is 210 Å². The van der Waals surface area contributed by atoms with Gasteiger partial charge in [0.1, 0.15) is 28.9 Å². The van der Waals surface area contributed by atoms with Gasteiger partial charge in [-0.3, -0.25) is 9.59 Å². The van der Waals surface area contributed by atoms with Gasteiger partial charge in [-0.2, -0.15) is 0 Å². The van der Waals surface area contributed by atoms with Crippen LogP contribution in [0.1, 0.15) is 6.42 Å². The lowest BCUT2D eigenvalue weighted by Gasteiger charge is -2.23. The fraction of sp³-hybridized carbons (Fsp3) is 0.304. The molecule has 0 saturated carbocycles. The number of halogens is 4. The van der Waals surface area contributed by atoms with Crippen LogP contribution in [0.4, 0.5) is 8.78 Å². The summed E-state index contributed by atoms with van der Waals surface area (Å²) in [6, 6.07) is 6.60. The maximum absolute atomic E-state index is 13.5. The van der Waals surface area contributed by atoms with Crippen molar-refractivity contribution >= 4 is 35.0 Å². The van der Waals surface area contributed by atoms with E-state index in [4.69, 9.17) is 37.4 Å². The van der Waals surface area contributed by atoms with Crippen LogP contribution in [0.25, 0.3) is 0 Å². The minimum absolute atomic E-state index is 0.0217. The number of hydrogen-bond acceptors (Lipinski definition) is 6. The molecule has 0 spiro atoms. The van der Waals surface area contributed by atoms with E-state index < -0.39 is 42.2 Å². The van der Waals surface area contributed by atoms with E-state index in [1.54, 1.807) is 0 Å². The van der Waals surface area contributed by atoms with Gasteiger partial charge in [-0.25, -0.2) is 8.78 Å². The summed E-state index contributed by atoms with van der Waals surface area (Å²) < 4.78 is 42.6. The lowest BCUT2D eigenvalue weighted by Crippen LogP contribution is -2.44. The average Bonchev–Trinajstić information content (AvgIpc) is 2.82. The zero-order valence-electron chi connectivity index (χ0n) is 18.7. The molecular formula is C23H24Cl2F2N2O6. The first-order chi connectivity index (χ1) is 16.6. The largest absolute Gasteiger partial charge is 0.511 e. The van der Waals surface area contributed by atoms with Crippen molar-refractivity contribution in [2.45, 2.75) is 18.6 Å². The van der Waals surface area contributed by atoms with Crippen molar-refractivity contribution in [2.75, 3.05) is 26.9 Å². The number of carbonyl (C=O) groups is 2. The first-order valence-corrected chi connectivity index (χ1v) is 11.0. The van der Waals surface area contributed by atoms with Crippen molar-refractivity contribution in [3.8, 4) is 11.5 Å². The first-order valence-electron chi connectivity index (χ1n) is 10.2. The van der Waals surface area contributed by atoms with Gasteiger partial charge in [0.25, 0.3) is 11.8 Å². The van der Waals surface area contributed by atoms with Gasteiger partial charge in [0, 0.05) is 32.2 Å². The van der Waals surface area contributed by atoms with E-state index in [1.807, 2.05) is 0 Å². The van der Waals surface area contributed by atoms with Gasteiger partial charge in [0.05, 0.1) is 22.2 Å². The Morgan fingerprint density at radius 3 is 1.97 bits per heavy atom. The number of hydrogen-bond donors (Lipinski definition) is 3. The lowest BCUT2D eigenvalue weighted by molar-refractivity contribution is -0.125. The number of methoxy groups -OCH3 is 1. The third-order valence-corrected chi connectivity index (χ3v) is 5.23. The molecular weight excluding hydrogens is 509 g/mol. The van der Waals surface area contributed by atoms with E-state index in [0.29, 0.717) is 0 Å². The molecule has 35 heavy (non-hydrogen) atoms. The number of amides is 2. The summed E-state index contributed by atoms with van der Waals surface area (Å²) in [6.07, 6.45) is -0.552. The van der Waals surface area contributed by atoms with Crippen molar-refractivity contribution in [3.05, 3.63) is 70.4 Å². The molecule has 190 valence electrons. The Hall–Kier alpha value is -3.08. The molecule has 0 aliphatic rings. The van der Waals surface area contributed by atoms with Gasteiger partial charge in [-0.1, -0.05) is 29.8 Å². The van der Waals surface area contributed by atoms with Crippen LogP contribution in [0.2, 0.25) is 10.0 Å². The second-order valence-electron chi connectivity index (χ2n) is 7.24. The highest BCUT2D eigenvalue weighted by molar-refractivity contribution is 6.31. The molecule has 0 saturated heterocycles. The maximum atomic E-state index is 13.5. The number of rotatable bonds is 13. The Bertz CT molecular complexity index is 1060. The second kappa shape index (κ2) is 13.7. The topological polar surface area (TPSA) is 106 Å². The van der Waals surface area contributed by atoms with Gasteiger partial charge in [0.2, 0.25) is 0 Å². The highest BCUT2D eigenvalue weighted by atomic mass is 35.5. The monoisotopic (exact) mass is 532 g/mol. The van der Waals surface area contributed by atoms with Crippen LogP contribution in [0.3, 0.4) is 0 Å². The Balaban J connectivity index is 1.80. The lowest BCUT2D eigenvalue weighted by atomic mass is 10.1. The van der Waals surface area contributed by atoms with Crippen LogP contribution >= 0.6 is 23.2 Å². The smallest absolute Gasteiger partial charge is 0.258 e. The van der Waals surface area contributed by atoms with Crippen LogP contribution < -0.4 is 20.1 Å². The van der Waals surface area contributed by atoms with Crippen molar-refractivity contribution in [1.29, 1.82) is 0 Å². The van der Waals surface area contributed by atoms with Crippen molar-refractivity contribution in [1.82, 2.24) is 10.6 Å². The zero-order chi connectivity index (χ0) is 26.0. The summed E-state index contributed by atoms with van der Waals surface area (Å²) in [4.78, 5) is 24.3. The molecule has 2 rings (SSSR count). The van der Waals surface area contributed by atoms with E-state index in [1.165, 1.54) is 31.4 Å². The SMILES string of the molecule is C=C(O)C(C[C@@H](CNC(=O)COc1ccc(Cl)c(F)c1)OC)NC(=O)COc1ccc(Cl)c(F)c1. The minimum Gasteiger partial charge on any atom is -0.511 e. The molecule has 2 atom stereocenters. The van der Waals surface area contributed by atoms with Crippen molar-refractivity contribution in [2.24, 2.45) is 0 Å². The molecule has 0 aliphatic heterocycles. The Morgan fingerprint density at radius 2 is 1.51 bits per heavy atom. The molecule has 3 N–H and O–H groups in total. The highest BCUT2D eigenvalue weighted by Gasteiger charge is 2.22. The predicted molar refractivity (Wildman–Crippen MR) is 126 cm³/mol. The number of aliphatic hydroxyl groups excluding tert-OH is 1. The molecule has 2 aromatic carbocycles. The van der Waals surface area contributed by atoms with Crippen molar-refractivity contribution in [3.63, 3.8) is 0 Å². The molecule has 2 amide bonds. The number of benzene rings is 2. The summed E-state index contributed by atoms with van der Waals surface area (Å²) in [5.74, 6) is -2.58. The molecule has 0 aromatic heterocycles. The fourth-order valence-electron chi connectivity index (χ4n) is 2.75. The van der Waals surface area contributed by atoms with Gasteiger partial charge in [-0.05, 0) is 24.3 Å². The van der Waals surface area contributed by atoms with Crippen LogP contribution in [0.5, 0.6) is 11.5 Å². The zero-order valence-corrected chi connectivity index (χ0v) is 20.2. The normalized spacial score (nSPS) is 12.4. The molecule has 0 fully saturated rings. The van der Waals surface area contributed by atoms with E-state index in [-0.39, 0.29) is 46.9 Å². The molecule has 8 nitrogen and oxygen atoms in total. The molecule has 0 bridgehead atoms. The molecule has 2 aromatic rings. The highest BCUT2D eigenvalue weighted by Crippen LogP contribution is 2.21. The van der Waals surface area contributed by atoms with Crippen molar-refractivity contribution < 1.29 is 37.7 Å². The van der Waals surface area contributed by atoms with E-state index in [0.717, 1.165) is 12.1 Å². The maximum Gasteiger partial charge on any atom is 0.258 e. The van der Waals surface area contributed by atoms with Gasteiger partial charge < -0.3 is 30.0 Å². The van der Waals surface area contributed by atoms with Crippen LogP contribution in [0.15, 0.2) is 48.7 Å². The predicted octanol–water partition coefficient (Wildman–Crippen LogP) is 3.81. The molecule has 0 aliphatic carbocycles. The quantitative estimate of drug-likeness (QED) is 0.339. The van der Waals surface area contributed by atoms with E-state index in [2.05, 4.69) is 17.2 Å². The van der Waals surface area contributed by atoms with Crippen LogP contribution in [0, 0.1) is 11.6 Å². The number of nitrogens with one attached hydrogen (secondary N) is 2. The molecule has 0 heterocycles. The number of aliphatic hydroxyl groups is 1. The minimum atomic E-state index is -0.914. The van der Waals surface area contributed by atoms with Gasteiger partial charge in [0.15, 0.2) is 13.2 Å². The average molecular weight is 533 g/mol. The third-order valence-electron chi connectivity index (χ3n) is 4.62. The Morgan fingerprint density at radius 1 is 1.00 bits per heavy atom. The fourth-order valence-corrected chi connectivity index (χ4v) is 2.98. The van der Waals surface area contributed by atoms with E-state index >= 15 is 0 Å². The summed E-state index contributed by atoms with van der Waals surface area (Å²) in [6.45, 7) is 2.62. The van der Waals surface area contributed by atoms with Crippen LogP contribution in [-0.2, 0) is 14.3 Å². The molecule has 0 radical (unpaired) electrons. The van der Waals surface area contributed by atoms with Gasteiger partial charge >= 0.3 is 0 Å². The first kappa shape index (κ1) is 28.2. The number of carbonyl (C=O) groups excluding carboxylic acids is 2. The summed E-state index contributed by atoms with van der Waals surface area (Å²) in [5, 5.41) is 14.8. The van der Waals surface area contributed by atoms with Gasteiger partial charge in [-0.15, -0.1) is 0 Å². The van der Waals surface area contributed by atoms with E-state index in [9.17, 15) is 23.5 Å². The standard InChI is InChI=1S/C23H24Cl2F2N2O6/c1-13(30)21(29-23(32)12-35-15-4-6-18(25)20(27)8-15)9-16(33-2)10-28-22(31)11-34-14-3-5-17(24)19(26)7-14/h3-8,16,21,30H,1,9-12H2,2H3,(H,28,31)(H,29,32)/t16-,21?/m0/s1.